The summed E-state index contributed by atoms with van der Waals surface area (Å²) in [4.78, 5) is 17.0. The highest BCUT2D eigenvalue weighted by Gasteiger charge is 2.35. The molecule has 0 saturated carbocycles. The van der Waals surface area contributed by atoms with Gasteiger partial charge in [-0.2, -0.15) is 18.3 Å². The third-order valence-corrected chi connectivity index (χ3v) is 4.57. The molecule has 6 nitrogen and oxygen atoms in total. The molecule has 0 bridgehead atoms. The number of carbonyl (C=O) groups is 1. The first kappa shape index (κ1) is 19.3. The van der Waals surface area contributed by atoms with Crippen LogP contribution in [0.4, 0.5) is 13.2 Å². The topological polar surface area (TPSA) is 68.5 Å². The zero-order chi connectivity index (χ0) is 19.4. The molecular weight excluding hydrogens is 381 g/mol. The van der Waals surface area contributed by atoms with E-state index in [2.05, 4.69) is 15.4 Å². The first-order valence-electron chi connectivity index (χ1n) is 8.28. The average Bonchev–Trinajstić information content (AvgIpc) is 3.29. The van der Waals surface area contributed by atoms with Gasteiger partial charge in [0.05, 0.1) is 10.6 Å². The summed E-state index contributed by atoms with van der Waals surface area (Å²) in [6.07, 6.45) is -4.04. The van der Waals surface area contributed by atoms with Gasteiger partial charge in [-0.3, -0.25) is 4.79 Å². The fourth-order valence-electron chi connectivity index (χ4n) is 2.45. The number of nitrogens with zero attached hydrogens (tertiary/aromatic N) is 3. The van der Waals surface area contributed by atoms with Crippen LogP contribution in [-0.2, 0) is 10.9 Å². The van der Waals surface area contributed by atoms with Gasteiger partial charge in [0.1, 0.15) is 0 Å². The number of hydrogen-bond donors (Lipinski definition) is 1. The molecule has 0 aliphatic carbocycles. The van der Waals surface area contributed by atoms with Gasteiger partial charge in [-0.05, 0) is 30.9 Å². The number of halogens is 3. The summed E-state index contributed by atoms with van der Waals surface area (Å²) >= 11 is 1.28. The lowest BCUT2D eigenvalue weighted by Crippen LogP contribution is -2.25. The standard InChI is InChI=1S/C17H17F3N4O2S/c1-2-26-7-4-6-21-16(25)12-10-15-22-11(13-5-3-8-27-13)9-14(17(18,19)20)24(15)23-12/h3,5,8-10H,2,4,6-7H2,1H3,(H,21,25). The Morgan fingerprint density at radius 2 is 2.19 bits per heavy atom. The van der Waals surface area contributed by atoms with Crippen LogP contribution in [0, 0.1) is 0 Å². The van der Waals surface area contributed by atoms with Crippen molar-refractivity contribution in [3.05, 3.63) is 41.0 Å². The molecule has 3 aromatic rings. The van der Waals surface area contributed by atoms with Gasteiger partial charge < -0.3 is 10.1 Å². The van der Waals surface area contributed by atoms with Crippen LogP contribution in [-0.4, -0.2) is 40.3 Å². The van der Waals surface area contributed by atoms with E-state index in [9.17, 15) is 18.0 Å². The second-order valence-electron chi connectivity index (χ2n) is 5.61. The fraction of sp³-hybridized carbons (Fsp3) is 0.353. The number of carbonyl (C=O) groups excluding carboxylic acids is 1. The molecule has 0 aromatic carbocycles. The van der Waals surface area contributed by atoms with E-state index < -0.39 is 17.8 Å². The molecule has 0 unspecified atom stereocenters. The molecule has 144 valence electrons. The summed E-state index contributed by atoms with van der Waals surface area (Å²) in [5, 5.41) is 8.18. The Balaban J connectivity index is 1.90. The van der Waals surface area contributed by atoms with E-state index >= 15 is 0 Å². The van der Waals surface area contributed by atoms with Crippen LogP contribution < -0.4 is 5.32 Å². The Bertz CT molecular complexity index is 922. The molecular formula is C17H17F3N4O2S. The molecule has 1 N–H and O–H groups in total. The lowest BCUT2D eigenvalue weighted by Gasteiger charge is -2.10. The number of aromatic nitrogens is 3. The van der Waals surface area contributed by atoms with Crippen LogP contribution in [0.3, 0.4) is 0 Å². The van der Waals surface area contributed by atoms with Crippen LogP contribution in [0.15, 0.2) is 29.6 Å². The summed E-state index contributed by atoms with van der Waals surface area (Å²) in [7, 11) is 0. The molecule has 1 amide bonds. The molecule has 0 radical (unpaired) electrons. The monoisotopic (exact) mass is 398 g/mol. The highest BCUT2D eigenvalue weighted by atomic mass is 32.1. The van der Waals surface area contributed by atoms with Crippen molar-refractivity contribution in [1.29, 1.82) is 0 Å². The van der Waals surface area contributed by atoms with E-state index in [0.29, 0.717) is 35.6 Å². The number of amides is 1. The summed E-state index contributed by atoms with van der Waals surface area (Å²) in [6.45, 7) is 3.28. The quantitative estimate of drug-likeness (QED) is 0.617. The third-order valence-electron chi connectivity index (χ3n) is 3.68. The second-order valence-corrected chi connectivity index (χ2v) is 6.56. The Kier molecular flexibility index (Phi) is 5.76. The van der Waals surface area contributed by atoms with E-state index in [1.54, 1.807) is 17.5 Å². The number of fused-ring (bicyclic) bond motifs is 1. The van der Waals surface area contributed by atoms with E-state index in [-0.39, 0.29) is 17.0 Å². The molecule has 27 heavy (non-hydrogen) atoms. The smallest absolute Gasteiger partial charge is 0.382 e. The fourth-order valence-corrected chi connectivity index (χ4v) is 3.14. The summed E-state index contributed by atoms with van der Waals surface area (Å²) < 4.78 is 46.2. The summed E-state index contributed by atoms with van der Waals surface area (Å²) in [6, 6.07) is 5.61. The van der Waals surface area contributed by atoms with Crippen LogP contribution in [0.1, 0.15) is 29.5 Å². The number of thiophene rings is 1. The Hall–Kier alpha value is -2.46. The van der Waals surface area contributed by atoms with Gasteiger partial charge in [-0.15, -0.1) is 11.3 Å². The zero-order valence-electron chi connectivity index (χ0n) is 14.4. The maximum Gasteiger partial charge on any atom is 0.433 e. The molecule has 10 heteroatoms. The van der Waals surface area contributed by atoms with Crippen molar-refractivity contribution in [2.45, 2.75) is 19.5 Å². The van der Waals surface area contributed by atoms with Crippen molar-refractivity contribution in [3.8, 4) is 10.6 Å². The van der Waals surface area contributed by atoms with Crippen LogP contribution in [0.2, 0.25) is 0 Å². The Morgan fingerprint density at radius 1 is 1.37 bits per heavy atom. The molecule has 0 saturated heterocycles. The number of nitrogens with one attached hydrogen (secondary N) is 1. The van der Waals surface area contributed by atoms with Gasteiger partial charge in [0.25, 0.3) is 5.91 Å². The average molecular weight is 398 g/mol. The lowest BCUT2D eigenvalue weighted by molar-refractivity contribution is -0.142. The number of ether oxygens (including phenoxy) is 1. The summed E-state index contributed by atoms with van der Waals surface area (Å²) in [5.74, 6) is -0.553. The molecule has 3 heterocycles. The van der Waals surface area contributed by atoms with E-state index in [1.807, 2.05) is 6.92 Å². The molecule has 0 aliphatic heterocycles. The normalized spacial score (nSPS) is 11.9. The van der Waals surface area contributed by atoms with E-state index in [1.165, 1.54) is 17.4 Å². The van der Waals surface area contributed by atoms with Crippen molar-refractivity contribution >= 4 is 22.9 Å². The number of alkyl halides is 3. The predicted octanol–water partition coefficient (Wildman–Crippen LogP) is 3.63. The highest BCUT2D eigenvalue weighted by Crippen LogP contribution is 2.33. The van der Waals surface area contributed by atoms with Crippen molar-refractivity contribution in [3.63, 3.8) is 0 Å². The molecule has 3 rings (SSSR count). The first-order valence-corrected chi connectivity index (χ1v) is 9.16. The molecule has 0 aliphatic rings. The van der Waals surface area contributed by atoms with Crippen LogP contribution >= 0.6 is 11.3 Å². The van der Waals surface area contributed by atoms with Gasteiger partial charge in [-0.25, -0.2) is 9.50 Å². The number of hydrogen-bond acceptors (Lipinski definition) is 5. The van der Waals surface area contributed by atoms with Crippen molar-refractivity contribution in [2.24, 2.45) is 0 Å². The zero-order valence-corrected chi connectivity index (χ0v) is 15.2. The molecule has 0 spiro atoms. The van der Waals surface area contributed by atoms with E-state index in [4.69, 9.17) is 4.74 Å². The van der Waals surface area contributed by atoms with E-state index in [0.717, 1.165) is 6.07 Å². The van der Waals surface area contributed by atoms with Gasteiger partial charge in [0.2, 0.25) is 0 Å². The van der Waals surface area contributed by atoms with Gasteiger partial charge in [-0.1, -0.05) is 6.07 Å². The molecule has 0 fully saturated rings. The molecule has 0 atom stereocenters. The highest BCUT2D eigenvalue weighted by molar-refractivity contribution is 7.13. The third kappa shape index (κ3) is 4.45. The minimum atomic E-state index is -4.63. The van der Waals surface area contributed by atoms with Crippen LogP contribution in [0.25, 0.3) is 16.2 Å². The Labute approximate surface area is 157 Å². The van der Waals surface area contributed by atoms with Crippen molar-refractivity contribution in [1.82, 2.24) is 19.9 Å². The number of rotatable bonds is 7. The van der Waals surface area contributed by atoms with Crippen molar-refractivity contribution in [2.75, 3.05) is 19.8 Å². The lowest BCUT2D eigenvalue weighted by atomic mass is 10.2. The van der Waals surface area contributed by atoms with Gasteiger partial charge >= 0.3 is 6.18 Å². The SMILES string of the molecule is CCOCCCNC(=O)c1cc2nc(-c3cccs3)cc(C(F)(F)F)n2n1. The maximum absolute atomic E-state index is 13.5. The molecule has 3 aromatic heterocycles. The maximum atomic E-state index is 13.5. The minimum Gasteiger partial charge on any atom is -0.382 e. The predicted molar refractivity (Wildman–Crippen MR) is 94.7 cm³/mol. The Morgan fingerprint density at radius 3 is 2.85 bits per heavy atom. The summed E-state index contributed by atoms with van der Waals surface area (Å²) in [5.41, 5.74) is -0.944. The van der Waals surface area contributed by atoms with Gasteiger partial charge in [0.15, 0.2) is 17.0 Å². The van der Waals surface area contributed by atoms with Crippen LogP contribution in [0.5, 0.6) is 0 Å². The largest absolute Gasteiger partial charge is 0.433 e. The first-order chi connectivity index (χ1) is 12.9. The van der Waals surface area contributed by atoms with Crippen molar-refractivity contribution < 1.29 is 22.7 Å². The second kappa shape index (κ2) is 8.05. The minimum absolute atomic E-state index is 0.0345. The van der Waals surface area contributed by atoms with Gasteiger partial charge in [0, 0.05) is 25.8 Å².